The highest BCUT2D eigenvalue weighted by Gasteiger charge is 2.14. The van der Waals surface area contributed by atoms with Crippen molar-refractivity contribution in [1.82, 2.24) is 14.8 Å². The highest BCUT2D eigenvalue weighted by atomic mass is 32.2. The van der Waals surface area contributed by atoms with Crippen LogP contribution < -0.4 is 5.69 Å². The van der Waals surface area contributed by atoms with Crippen molar-refractivity contribution in [2.45, 2.75) is 36.9 Å². The second kappa shape index (κ2) is 5.88. The molecular formula is C13H15N3O2S. The van der Waals surface area contributed by atoms with Gasteiger partial charge in [0.05, 0.1) is 0 Å². The molecule has 1 aromatic carbocycles. The third-order valence-corrected chi connectivity index (χ3v) is 3.82. The molecule has 1 N–H and O–H groups in total. The van der Waals surface area contributed by atoms with Crippen molar-refractivity contribution in [3.05, 3.63) is 40.3 Å². The Labute approximate surface area is 115 Å². The Morgan fingerprint density at radius 3 is 2.79 bits per heavy atom. The summed E-state index contributed by atoms with van der Waals surface area (Å²) >= 11 is 1.33. The second-order valence-corrected chi connectivity index (χ2v) is 4.94. The lowest BCUT2D eigenvalue weighted by Crippen LogP contribution is -2.16. The number of carbonyl (C=O) groups is 1. The molecule has 19 heavy (non-hydrogen) atoms. The summed E-state index contributed by atoms with van der Waals surface area (Å²) in [6, 6.07) is 7.38. The fraction of sp³-hybridized carbons (Fsp3) is 0.308. The van der Waals surface area contributed by atoms with Crippen LogP contribution in [0.3, 0.4) is 0 Å². The Morgan fingerprint density at radius 1 is 1.37 bits per heavy atom. The van der Waals surface area contributed by atoms with Crippen LogP contribution in [0.4, 0.5) is 0 Å². The van der Waals surface area contributed by atoms with Gasteiger partial charge >= 0.3 is 5.69 Å². The lowest BCUT2D eigenvalue weighted by atomic mass is 10.1. The number of hydrogen-bond donors (Lipinski definition) is 1. The topological polar surface area (TPSA) is 67.8 Å². The van der Waals surface area contributed by atoms with Crippen molar-refractivity contribution in [3.63, 3.8) is 0 Å². The number of ketones is 1. The third-order valence-electron chi connectivity index (χ3n) is 2.75. The average molecular weight is 277 g/mol. The number of rotatable bonds is 5. The van der Waals surface area contributed by atoms with Crippen LogP contribution in [0.25, 0.3) is 0 Å². The van der Waals surface area contributed by atoms with Crippen molar-refractivity contribution in [2.24, 2.45) is 0 Å². The van der Waals surface area contributed by atoms with Crippen LogP contribution in [-0.2, 0) is 6.54 Å². The molecule has 1 aromatic heterocycles. The molecular weight excluding hydrogens is 262 g/mol. The van der Waals surface area contributed by atoms with Crippen molar-refractivity contribution in [3.8, 4) is 0 Å². The quantitative estimate of drug-likeness (QED) is 0.852. The molecule has 0 aliphatic heterocycles. The molecule has 5 nitrogen and oxygen atoms in total. The number of carbonyl (C=O) groups excluding carboxylic acids is 1. The average Bonchev–Trinajstić information content (AvgIpc) is 2.79. The van der Waals surface area contributed by atoms with Crippen LogP contribution in [-0.4, -0.2) is 20.5 Å². The Kier molecular flexibility index (Phi) is 4.21. The van der Waals surface area contributed by atoms with Gasteiger partial charge in [-0.1, -0.05) is 25.1 Å². The Bertz CT molecular complexity index is 645. The highest BCUT2D eigenvalue weighted by molar-refractivity contribution is 7.99. The molecule has 0 bridgehead atoms. The smallest absolute Gasteiger partial charge is 0.294 e. The maximum absolute atomic E-state index is 11.9. The molecule has 100 valence electrons. The molecule has 6 heteroatoms. The molecule has 0 saturated heterocycles. The fourth-order valence-corrected chi connectivity index (χ4v) is 2.78. The van der Waals surface area contributed by atoms with E-state index in [1.807, 2.05) is 32.0 Å². The first-order valence-corrected chi connectivity index (χ1v) is 6.94. The predicted molar refractivity (Wildman–Crippen MR) is 73.7 cm³/mol. The van der Waals surface area contributed by atoms with E-state index in [-0.39, 0.29) is 11.5 Å². The zero-order valence-corrected chi connectivity index (χ0v) is 11.7. The zero-order chi connectivity index (χ0) is 13.8. The van der Waals surface area contributed by atoms with Crippen LogP contribution >= 0.6 is 11.8 Å². The normalized spacial score (nSPS) is 10.6. The fourth-order valence-electron chi connectivity index (χ4n) is 1.73. The van der Waals surface area contributed by atoms with E-state index < -0.39 is 0 Å². The largest absolute Gasteiger partial charge is 0.343 e. The monoisotopic (exact) mass is 277 g/mol. The molecule has 0 unspecified atom stereocenters. The van der Waals surface area contributed by atoms with Gasteiger partial charge in [-0.25, -0.2) is 9.89 Å². The van der Waals surface area contributed by atoms with Gasteiger partial charge in [-0.3, -0.25) is 9.36 Å². The molecule has 2 aromatic rings. The Hall–Kier alpha value is -1.82. The van der Waals surface area contributed by atoms with Gasteiger partial charge in [0.2, 0.25) is 0 Å². The number of aromatic nitrogens is 3. The van der Waals surface area contributed by atoms with E-state index in [0.717, 1.165) is 4.90 Å². The van der Waals surface area contributed by atoms with Crippen molar-refractivity contribution < 1.29 is 4.79 Å². The summed E-state index contributed by atoms with van der Waals surface area (Å²) in [5, 5.41) is 6.98. The minimum atomic E-state index is -0.232. The summed E-state index contributed by atoms with van der Waals surface area (Å²) < 4.78 is 1.54. The molecule has 0 spiro atoms. The summed E-state index contributed by atoms with van der Waals surface area (Å²) in [6.07, 6.45) is 0.457. The van der Waals surface area contributed by atoms with E-state index in [0.29, 0.717) is 23.7 Å². The highest BCUT2D eigenvalue weighted by Crippen LogP contribution is 2.28. The first-order chi connectivity index (χ1) is 9.17. The van der Waals surface area contributed by atoms with E-state index in [1.54, 1.807) is 6.07 Å². The molecule has 1 heterocycles. The Morgan fingerprint density at radius 2 is 2.11 bits per heavy atom. The number of H-pyrrole nitrogens is 1. The van der Waals surface area contributed by atoms with Gasteiger partial charge in [0.1, 0.15) is 0 Å². The van der Waals surface area contributed by atoms with Gasteiger partial charge < -0.3 is 0 Å². The number of benzene rings is 1. The van der Waals surface area contributed by atoms with Gasteiger partial charge in [-0.05, 0) is 24.8 Å². The standard InChI is InChI=1S/C13H15N3O2S/c1-3-10(17)9-7-5-6-8-11(9)19-13-15-14-12(18)16(13)4-2/h5-8H,3-4H2,1-2H3,(H,14,18). The third kappa shape index (κ3) is 2.78. The summed E-state index contributed by atoms with van der Waals surface area (Å²) in [5.74, 6) is 0.0871. The number of Topliss-reactive ketones (excluding diaryl/α,β-unsaturated/α-hetero) is 1. The molecule has 0 saturated carbocycles. The van der Waals surface area contributed by atoms with Gasteiger partial charge in [0.25, 0.3) is 0 Å². The van der Waals surface area contributed by atoms with Crippen molar-refractivity contribution in [2.75, 3.05) is 0 Å². The summed E-state index contributed by atoms with van der Waals surface area (Å²) in [7, 11) is 0. The number of hydrogen-bond acceptors (Lipinski definition) is 4. The maximum Gasteiger partial charge on any atom is 0.343 e. The van der Waals surface area contributed by atoms with Crippen molar-refractivity contribution >= 4 is 17.5 Å². The summed E-state index contributed by atoms with van der Waals surface area (Å²) in [4.78, 5) is 24.2. The molecule has 2 rings (SSSR count). The lowest BCUT2D eigenvalue weighted by molar-refractivity contribution is 0.0985. The molecule has 0 aliphatic carbocycles. The van der Waals surface area contributed by atoms with Crippen LogP contribution in [0.2, 0.25) is 0 Å². The zero-order valence-electron chi connectivity index (χ0n) is 10.8. The molecule has 0 fully saturated rings. The molecule has 0 radical (unpaired) electrons. The van der Waals surface area contributed by atoms with E-state index >= 15 is 0 Å². The van der Waals surface area contributed by atoms with E-state index in [1.165, 1.54) is 16.3 Å². The first kappa shape index (κ1) is 13.6. The summed E-state index contributed by atoms with van der Waals surface area (Å²) in [5.41, 5.74) is 0.442. The van der Waals surface area contributed by atoms with Crippen LogP contribution in [0.1, 0.15) is 30.6 Å². The molecule has 0 atom stereocenters. The van der Waals surface area contributed by atoms with E-state index in [9.17, 15) is 9.59 Å². The Balaban J connectivity index is 2.38. The summed E-state index contributed by atoms with van der Waals surface area (Å²) in [6.45, 7) is 4.26. The first-order valence-electron chi connectivity index (χ1n) is 6.12. The number of nitrogens with zero attached hydrogens (tertiary/aromatic N) is 2. The predicted octanol–water partition coefficient (Wildman–Crippen LogP) is 2.34. The van der Waals surface area contributed by atoms with Gasteiger partial charge in [-0.2, -0.15) is 0 Å². The van der Waals surface area contributed by atoms with E-state index in [2.05, 4.69) is 10.2 Å². The number of nitrogens with one attached hydrogen (secondary N) is 1. The van der Waals surface area contributed by atoms with Crippen LogP contribution in [0, 0.1) is 0 Å². The van der Waals surface area contributed by atoms with Gasteiger partial charge in [0, 0.05) is 23.4 Å². The maximum atomic E-state index is 11.9. The minimum absolute atomic E-state index is 0.0871. The molecule has 0 aliphatic rings. The number of aromatic amines is 1. The van der Waals surface area contributed by atoms with Crippen molar-refractivity contribution in [1.29, 1.82) is 0 Å². The second-order valence-electron chi connectivity index (χ2n) is 3.93. The van der Waals surface area contributed by atoms with E-state index in [4.69, 9.17) is 0 Å². The van der Waals surface area contributed by atoms with Crippen LogP contribution in [0.15, 0.2) is 39.1 Å². The minimum Gasteiger partial charge on any atom is -0.294 e. The molecule has 0 amide bonds. The SMILES string of the molecule is CCC(=O)c1ccccc1Sc1n[nH]c(=O)n1CC. The van der Waals surface area contributed by atoms with Gasteiger partial charge in [0.15, 0.2) is 10.9 Å². The van der Waals surface area contributed by atoms with Gasteiger partial charge in [-0.15, -0.1) is 5.10 Å². The lowest BCUT2D eigenvalue weighted by Gasteiger charge is -2.07. The van der Waals surface area contributed by atoms with Crippen LogP contribution in [0.5, 0.6) is 0 Å².